The second kappa shape index (κ2) is 6.60. The van der Waals surface area contributed by atoms with E-state index in [4.69, 9.17) is 10.2 Å². The number of rotatable bonds is 2. The van der Waals surface area contributed by atoms with E-state index in [2.05, 4.69) is 0 Å². The van der Waals surface area contributed by atoms with Crippen LogP contribution in [0.1, 0.15) is 0 Å². The molecule has 0 aliphatic carbocycles. The van der Waals surface area contributed by atoms with Crippen LogP contribution in [0.3, 0.4) is 0 Å². The van der Waals surface area contributed by atoms with Crippen molar-refractivity contribution < 1.29 is 19.8 Å². The van der Waals surface area contributed by atoms with Crippen LogP contribution in [-0.4, -0.2) is 80.3 Å². The molecule has 0 aliphatic rings. The number of hydrogen-bond donors (Lipinski definition) is 2. The van der Waals surface area contributed by atoms with E-state index in [0.717, 1.165) is 0 Å². The maximum atomic E-state index is 9.55. The SMILES string of the molecule is O=C(O)C=CC(=O)O.[Rb]. The van der Waals surface area contributed by atoms with Crippen LogP contribution in [0.25, 0.3) is 0 Å². The van der Waals surface area contributed by atoms with Crippen molar-refractivity contribution in [3.63, 3.8) is 0 Å². The number of aliphatic carboxylic acids is 2. The van der Waals surface area contributed by atoms with E-state index in [1.807, 2.05) is 0 Å². The summed E-state index contributed by atoms with van der Waals surface area (Å²) in [5.74, 6) is -2.51. The Morgan fingerprint density at radius 3 is 1.33 bits per heavy atom. The van der Waals surface area contributed by atoms with Gasteiger partial charge in [-0.15, -0.1) is 0 Å². The van der Waals surface area contributed by atoms with Crippen molar-refractivity contribution in [1.82, 2.24) is 0 Å². The third-order valence-electron chi connectivity index (χ3n) is 0.368. The van der Waals surface area contributed by atoms with Crippen molar-refractivity contribution >= 4 is 70.1 Å². The topological polar surface area (TPSA) is 74.6 Å². The van der Waals surface area contributed by atoms with Gasteiger partial charge < -0.3 is 10.2 Å². The predicted octanol–water partition coefficient (Wildman–Crippen LogP) is -0.669. The summed E-state index contributed by atoms with van der Waals surface area (Å²) in [6, 6.07) is 0. The first-order valence-electron chi connectivity index (χ1n) is 1.77. The fourth-order valence-electron chi connectivity index (χ4n) is 0.143. The van der Waals surface area contributed by atoms with Crippen molar-refractivity contribution in [3.05, 3.63) is 12.2 Å². The quantitative estimate of drug-likeness (QED) is 0.581. The summed E-state index contributed by atoms with van der Waals surface area (Å²) in [5.41, 5.74) is 0. The molecule has 1 radical (unpaired) electrons. The van der Waals surface area contributed by atoms with Gasteiger partial charge in [-0.2, -0.15) is 0 Å². The van der Waals surface area contributed by atoms with Crippen LogP contribution in [0.5, 0.6) is 0 Å². The number of carboxylic acids is 2. The fourth-order valence-corrected chi connectivity index (χ4v) is 0.143. The van der Waals surface area contributed by atoms with E-state index >= 15 is 0 Å². The first-order chi connectivity index (χ1) is 3.63. The zero-order valence-corrected chi connectivity index (χ0v) is 9.78. The average molecular weight is 202 g/mol. The summed E-state index contributed by atoms with van der Waals surface area (Å²) < 4.78 is 0. The van der Waals surface area contributed by atoms with Gasteiger partial charge in [-0.25, -0.2) is 9.59 Å². The molecule has 0 amide bonds. The molecule has 0 aliphatic heterocycles. The molecule has 0 aromatic carbocycles. The normalized spacial score (nSPS) is 8.44. The second-order valence-electron chi connectivity index (χ2n) is 1.01. The second-order valence-corrected chi connectivity index (χ2v) is 1.01. The Morgan fingerprint density at radius 1 is 1.00 bits per heavy atom. The Balaban J connectivity index is 0. The third kappa shape index (κ3) is 11.9. The molecule has 4 nitrogen and oxygen atoms in total. The van der Waals surface area contributed by atoms with Gasteiger partial charge in [0, 0.05) is 70.3 Å². The molecule has 9 heavy (non-hydrogen) atoms. The molecule has 2 N–H and O–H groups in total. The Labute approximate surface area is 100 Å². The van der Waals surface area contributed by atoms with Crippen molar-refractivity contribution in [1.29, 1.82) is 0 Å². The van der Waals surface area contributed by atoms with Crippen LogP contribution in [0.4, 0.5) is 0 Å². The summed E-state index contributed by atoms with van der Waals surface area (Å²) in [7, 11) is 0. The fraction of sp³-hybridized carbons (Fsp3) is 0. The molecule has 0 aromatic rings. The average Bonchev–Trinajstić information content (AvgIpc) is 1.61. The Morgan fingerprint density at radius 2 is 1.22 bits per heavy atom. The van der Waals surface area contributed by atoms with Gasteiger partial charge in [-0.3, -0.25) is 0 Å². The molecular formula is C4H4O4Rb. The molecule has 0 bridgehead atoms. The van der Waals surface area contributed by atoms with E-state index in [-0.39, 0.29) is 58.2 Å². The van der Waals surface area contributed by atoms with Gasteiger partial charge in [-0.05, 0) is 0 Å². The molecule has 45 valence electrons. The Kier molecular flexibility index (Phi) is 8.94. The molecular weight excluding hydrogens is 198 g/mol. The smallest absolute Gasteiger partial charge is 0.328 e. The van der Waals surface area contributed by atoms with Gasteiger partial charge in [0.15, 0.2) is 0 Å². The monoisotopic (exact) mass is 201 g/mol. The molecule has 0 atom stereocenters. The summed E-state index contributed by atoms with van der Waals surface area (Å²) in [6.45, 7) is 0. The summed E-state index contributed by atoms with van der Waals surface area (Å²) in [6.07, 6.45) is 1.12. The molecule has 0 saturated carbocycles. The molecule has 0 rings (SSSR count). The number of carboxylic acid groups (broad SMARTS) is 2. The molecule has 0 aromatic heterocycles. The molecule has 0 unspecified atom stereocenters. The van der Waals surface area contributed by atoms with Crippen LogP contribution in [-0.2, 0) is 9.59 Å². The molecule has 0 fully saturated rings. The maximum absolute atomic E-state index is 9.55. The van der Waals surface area contributed by atoms with Crippen molar-refractivity contribution in [3.8, 4) is 0 Å². The maximum Gasteiger partial charge on any atom is 0.328 e. The van der Waals surface area contributed by atoms with Crippen LogP contribution in [0, 0.1) is 0 Å². The number of hydrogen-bond acceptors (Lipinski definition) is 2. The van der Waals surface area contributed by atoms with Crippen LogP contribution >= 0.6 is 0 Å². The zero-order valence-electron chi connectivity index (χ0n) is 4.87. The van der Waals surface area contributed by atoms with E-state index in [1.165, 1.54) is 0 Å². The van der Waals surface area contributed by atoms with E-state index in [0.29, 0.717) is 12.2 Å². The minimum Gasteiger partial charge on any atom is -0.478 e. The molecule has 0 heterocycles. The third-order valence-corrected chi connectivity index (χ3v) is 0.368. The van der Waals surface area contributed by atoms with Gasteiger partial charge >= 0.3 is 11.9 Å². The predicted molar refractivity (Wildman–Crippen MR) is 30.2 cm³/mol. The summed E-state index contributed by atoms with van der Waals surface area (Å²) in [4.78, 5) is 19.1. The van der Waals surface area contributed by atoms with Crippen LogP contribution in [0.15, 0.2) is 12.2 Å². The van der Waals surface area contributed by atoms with Crippen molar-refractivity contribution in [2.75, 3.05) is 0 Å². The first kappa shape index (κ1) is 12.2. The van der Waals surface area contributed by atoms with Gasteiger partial charge in [0.25, 0.3) is 0 Å². The first-order valence-corrected chi connectivity index (χ1v) is 1.77. The Bertz CT molecular complexity index is 124. The standard InChI is InChI=1S/C4H4O4.Rb/c5-3(6)1-2-4(7)8;/h1-2H,(H,5,6)(H,7,8);. The van der Waals surface area contributed by atoms with Crippen LogP contribution < -0.4 is 0 Å². The minimum atomic E-state index is -1.26. The van der Waals surface area contributed by atoms with Crippen molar-refractivity contribution in [2.24, 2.45) is 0 Å². The van der Waals surface area contributed by atoms with Crippen LogP contribution in [0.2, 0.25) is 0 Å². The summed E-state index contributed by atoms with van der Waals surface area (Å²) in [5, 5.41) is 15.6. The van der Waals surface area contributed by atoms with Gasteiger partial charge in [0.2, 0.25) is 0 Å². The van der Waals surface area contributed by atoms with Gasteiger partial charge in [-0.1, -0.05) is 0 Å². The largest absolute Gasteiger partial charge is 0.478 e. The van der Waals surface area contributed by atoms with E-state index in [9.17, 15) is 9.59 Å². The zero-order chi connectivity index (χ0) is 6.57. The molecule has 0 saturated heterocycles. The van der Waals surface area contributed by atoms with Gasteiger partial charge in [0.1, 0.15) is 0 Å². The van der Waals surface area contributed by atoms with E-state index in [1.54, 1.807) is 0 Å². The molecule has 0 spiro atoms. The van der Waals surface area contributed by atoms with Crippen molar-refractivity contribution in [2.45, 2.75) is 0 Å². The van der Waals surface area contributed by atoms with Gasteiger partial charge in [0.05, 0.1) is 0 Å². The summed E-state index contributed by atoms with van der Waals surface area (Å²) >= 11 is 0. The number of carbonyl (C=O) groups is 2. The minimum absolute atomic E-state index is 0. The Hall–Kier alpha value is 0.485. The molecule has 5 heteroatoms. The van der Waals surface area contributed by atoms with E-state index < -0.39 is 11.9 Å².